The van der Waals surface area contributed by atoms with Crippen molar-refractivity contribution < 1.29 is 4.74 Å². The molecule has 5 heteroatoms. The van der Waals surface area contributed by atoms with Gasteiger partial charge < -0.3 is 10.1 Å². The summed E-state index contributed by atoms with van der Waals surface area (Å²) in [4.78, 5) is 1.23. The fourth-order valence-corrected chi connectivity index (χ4v) is 4.01. The summed E-state index contributed by atoms with van der Waals surface area (Å²) in [5.41, 5.74) is 2.38. The van der Waals surface area contributed by atoms with E-state index in [9.17, 15) is 0 Å². The summed E-state index contributed by atoms with van der Waals surface area (Å²) >= 11 is 13.8. The lowest BCUT2D eigenvalue weighted by Gasteiger charge is -2.17. The number of halogens is 2. The van der Waals surface area contributed by atoms with Gasteiger partial charge in [0.15, 0.2) is 0 Å². The maximum atomic E-state index is 6.21. The molecule has 106 valence electrons. The summed E-state index contributed by atoms with van der Waals surface area (Å²) < 4.78 is 6.57. The van der Waals surface area contributed by atoms with Crippen LogP contribution in [0.3, 0.4) is 0 Å². The number of ether oxygens (including phenoxy) is 1. The Bertz CT molecular complexity index is 626. The Hall–Kier alpha value is -0.740. The summed E-state index contributed by atoms with van der Waals surface area (Å²) in [5, 5.41) is 4.12. The number of hydrogen-bond donors (Lipinski definition) is 1. The first kappa shape index (κ1) is 14.2. The molecule has 2 nitrogen and oxygen atoms in total. The Kier molecular flexibility index (Phi) is 4.22. The van der Waals surface area contributed by atoms with Crippen LogP contribution >= 0.6 is 34.5 Å². The molecule has 2 aromatic rings. The molecule has 1 aliphatic heterocycles. The number of thiophene rings is 1. The fraction of sp³-hybridized carbons (Fsp3) is 0.333. The van der Waals surface area contributed by atoms with Crippen LogP contribution in [0, 0.1) is 0 Å². The molecule has 20 heavy (non-hydrogen) atoms. The maximum absolute atomic E-state index is 6.21. The van der Waals surface area contributed by atoms with Crippen molar-refractivity contribution in [3.05, 3.63) is 49.6 Å². The summed E-state index contributed by atoms with van der Waals surface area (Å²) in [6, 6.07) is 8.24. The zero-order chi connectivity index (χ0) is 14.1. The highest BCUT2D eigenvalue weighted by Gasteiger charge is 2.21. The predicted octanol–water partition coefficient (Wildman–Crippen LogP) is 4.49. The van der Waals surface area contributed by atoms with E-state index in [0.29, 0.717) is 0 Å². The van der Waals surface area contributed by atoms with Gasteiger partial charge in [0.25, 0.3) is 0 Å². The van der Waals surface area contributed by atoms with Crippen molar-refractivity contribution in [1.82, 2.24) is 5.32 Å². The van der Waals surface area contributed by atoms with Gasteiger partial charge >= 0.3 is 0 Å². The average Bonchev–Trinajstić information content (AvgIpc) is 3.04. The third-order valence-corrected chi connectivity index (χ3v) is 5.10. The molecule has 1 unspecified atom stereocenters. The first-order valence-corrected chi connectivity index (χ1v) is 8.11. The number of likely N-dealkylation sites (N-methyl/N-ethyl adjacent to an activating group) is 1. The molecule has 0 saturated carbocycles. The van der Waals surface area contributed by atoms with Gasteiger partial charge in [-0.15, -0.1) is 11.3 Å². The number of rotatable bonds is 4. The zero-order valence-corrected chi connectivity index (χ0v) is 13.4. The molecule has 1 aromatic heterocycles. The topological polar surface area (TPSA) is 21.3 Å². The van der Waals surface area contributed by atoms with Gasteiger partial charge in [-0.05, 0) is 48.9 Å². The molecule has 0 spiro atoms. The highest BCUT2D eigenvalue weighted by atomic mass is 35.5. The molecule has 1 aliphatic rings. The van der Waals surface area contributed by atoms with Crippen LogP contribution in [0.25, 0.3) is 0 Å². The van der Waals surface area contributed by atoms with Crippen LogP contribution in [0.4, 0.5) is 0 Å². The minimum atomic E-state index is 0.222. The molecule has 1 N–H and O–H groups in total. The second-order valence-corrected chi connectivity index (χ2v) is 7.02. The molecule has 0 radical (unpaired) electrons. The van der Waals surface area contributed by atoms with Gasteiger partial charge in [0.2, 0.25) is 0 Å². The van der Waals surface area contributed by atoms with Crippen LogP contribution < -0.4 is 10.1 Å². The van der Waals surface area contributed by atoms with Gasteiger partial charge in [0, 0.05) is 22.4 Å². The van der Waals surface area contributed by atoms with E-state index in [1.165, 1.54) is 10.4 Å². The maximum Gasteiger partial charge on any atom is 0.125 e. The van der Waals surface area contributed by atoms with Crippen LogP contribution in [-0.4, -0.2) is 13.7 Å². The molecule has 0 bridgehead atoms. The highest BCUT2D eigenvalue weighted by molar-refractivity contribution is 7.16. The number of benzene rings is 1. The van der Waals surface area contributed by atoms with Crippen LogP contribution in [0.5, 0.6) is 5.75 Å². The summed E-state index contributed by atoms with van der Waals surface area (Å²) in [6.07, 6.45) is 1.79. The van der Waals surface area contributed by atoms with Gasteiger partial charge in [-0.2, -0.15) is 0 Å². The summed E-state index contributed by atoms with van der Waals surface area (Å²) in [5.74, 6) is 1.01. The Morgan fingerprint density at radius 3 is 2.90 bits per heavy atom. The van der Waals surface area contributed by atoms with E-state index >= 15 is 0 Å². The molecule has 0 aliphatic carbocycles. The van der Waals surface area contributed by atoms with Gasteiger partial charge in [0.1, 0.15) is 5.75 Å². The largest absolute Gasteiger partial charge is 0.493 e. The van der Waals surface area contributed by atoms with Crippen molar-refractivity contribution in [3.8, 4) is 5.75 Å². The Morgan fingerprint density at radius 2 is 2.20 bits per heavy atom. The normalized spacial score (nSPS) is 14.9. The van der Waals surface area contributed by atoms with Crippen molar-refractivity contribution in [2.45, 2.75) is 18.9 Å². The summed E-state index contributed by atoms with van der Waals surface area (Å²) in [6.45, 7) is 0.748. The van der Waals surface area contributed by atoms with E-state index in [-0.39, 0.29) is 6.04 Å². The van der Waals surface area contributed by atoms with Crippen LogP contribution in [0.15, 0.2) is 24.3 Å². The fourth-order valence-electron chi connectivity index (χ4n) is 2.58. The Labute approximate surface area is 132 Å². The van der Waals surface area contributed by atoms with Crippen molar-refractivity contribution in [3.63, 3.8) is 0 Å². The second-order valence-electron chi connectivity index (χ2n) is 4.84. The van der Waals surface area contributed by atoms with Gasteiger partial charge in [-0.25, -0.2) is 0 Å². The SMILES string of the molecule is CNC(Cc1cc(Cl)cc2c1OCC2)c1ccc(Cl)s1. The lowest BCUT2D eigenvalue weighted by molar-refractivity contribution is 0.352. The van der Waals surface area contributed by atoms with Crippen molar-refractivity contribution in [2.24, 2.45) is 0 Å². The minimum Gasteiger partial charge on any atom is -0.493 e. The van der Waals surface area contributed by atoms with Gasteiger partial charge in [-0.1, -0.05) is 23.2 Å². The third kappa shape index (κ3) is 2.82. The molecular weight excluding hydrogens is 313 g/mol. The highest BCUT2D eigenvalue weighted by Crippen LogP contribution is 2.36. The third-order valence-electron chi connectivity index (χ3n) is 3.54. The van der Waals surface area contributed by atoms with Crippen molar-refractivity contribution in [2.75, 3.05) is 13.7 Å². The van der Waals surface area contributed by atoms with Crippen molar-refractivity contribution >= 4 is 34.5 Å². The monoisotopic (exact) mass is 327 g/mol. The van der Waals surface area contributed by atoms with E-state index in [2.05, 4.69) is 11.4 Å². The lowest BCUT2D eigenvalue weighted by atomic mass is 10.0. The average molecular weight is 328 g/mol. The van der Waals surface area contributed by atoms with Crippen LogP contribution in [0.2, 0.25) is 9.36 Å². The molecule has 3 rings (SSSR count). The number of nitrogens with one attached hydrogen (secondary N) is 1. The molecule has 1 atom stereocenters. The van der Waals surface area contributed by atoms with Crippen LogP contribution in [-0.2, 0) is 12.8 Å². The van der Waals surface area contributed by atoms with Crippen LogP contribution in [0.1, 0.15) is 22.0 Å². The standard InChI is InChI=1S/C15H15Cl2NOS/c1-18-12(13-2-3-14(17)20-13)8-10-7-11(16)6-9-4-5-19-15(9)10/h2-3,6-7,12,18H,4-5,8H2,1H3. The van der Waals surface area contributed by atoms with E-state index < -0.39 is 0 Å². The van der Waals surface area contributed by atoms with Gasteiger partial charge in [0.05, 0.1) is 10.9 Å². The molecule has 1 aromatic carbocycles. The zero-order valence-electron chi connectivity index (χ0n) is 11.1. The first-order valence-electron chi connectivity index (χ1n) is 6.54. The minimum absolute atomic E-state index is 0.222. The molecule has 0 amide bonds. The van der Waals surface area contributed by atoms with E-state index in [4.69, 9.17) is 27.9 Å². The van der Waals surface area contributed by atoms with Crippen molar-refractivity contribution in [1.29, 1.82) is 0 Å². The van der Waals surface area contributed by atoms with E-state index in [1.54, 1.807) is 11.3 Å². The van der Waals surface area contributed by atoms with Gasteiger partial charge in [-0.3, -0.25) is 0 Å². The Morgan fingerprint density at radius 1 is 1.35 bits per heavy atom. The lowest BCUT2D eigenvalue weighted by Crippen LogP contribution is -2.18. The number of fused-ring (bicyclic) bond motifs is 1. The van der Waals surface area contributed by atoms with E-state index in [0.717, 1.165) is 40.1 Å². The molecule has 2 heterocycles. The molecular formula is C15H15Cl2NOS. The smallest absolute Gasteiger partial charge is 0.125 e. The molecule has 0 saturated heterocycles. The predicted molar refractivity (Wildman–Crippen MR) is 85.5 cm³/mol. The number of hydrogen-bond acceptors (Lipinski definition) is 3. The quantitative estimate of drug-likeness (QED) is 0.893. The Balaban J connectivity index is 1.90. The second kappa shape index (κ2) is 5.94. The van der Waals surface area contributed by atoms with E-state index in [1.807, 2.05) is 25.2 Å². The summed E-state index contributed by atoms with van der Waals surface area (Å²) in [7, 11) is 1.96. The molecule has 0 fully saturated rings. The first-order chi connectivity index (χ1) is 9.67.